The maximum atomic E-state index is 13.4. The van der Waals surface area contributed by atoms with Crippen molar-refractivity contribution in [2.75, 3.05) is 18.0 Å². The van der Waals surface area contributed by atoms with Crippen molar-refractivity contribution in [3.8, 4) is 11.6 Å². The number of thioether (sulfide) groups is 1. The Hall–Kier alpha value is -4.38. The highest BCUT2D eigenvalue weighted by Gasteiger charge is 2.47. The van der Waals surface area contributed by atoms with Crippen molar-refractivity contribution in [2.24, 2.45) is 0 Å². The van der Waals surface area contributed by atoms with Crippen molar-refractivity contribution >= 4 is 41.0 Å². The first-order valence-electron chi connectivity index (χ1n) is 12.7. The quantitative estimate of drug-likeness (QED) is 0.453. The van der Waals surface area contributed by atoms with Crippen molar-refractivity contribution < 1.29 is 19.1 Å². The minimum Gasteiger partial charge on any atom is -0.439 e. The van der Waals surface area contributed by atoms with Crippen LogP contribution in [0.5, 0.6) is 11.6 Å². The normalized spacial score (nSPS) is 21.5. The molecule has 0 bridgehead atoms. The molecule has 6 rings (SSSR count). The fourth-order valence-corrected chi connectivity index (χ4v) is 6.40. The summed E-state index contributed by atoms with van der Waals surface area (Å²) in [6.07, 6.45) is 6.10. The van der Waals surface area contributed by atoms with Gasteiger partial charge in [0.2, 0.25) is 17.7 Å². The highest BCUT2D eigenvalue weighted by Crippen LogP contribution is 2.50. The Morgan fingerprint density at radius 2 is 2.00 bits per heavy atom. The van der Waals surface area contributed by atoms with Crippen LogP contribution < -0.4 is 20.3 Å². The summed E-state index contributed by atoms with van der Waals surface area (Å²) in [6.45, 7) is 4.64. The number of carbonyl (C=O) groups excluding carboxylic acids is 3. The van der Waals surface area contributed by atoms with E-state index in [4.69, 9.17) is 4.74 Å². The molecule has 3 aromatic rings. The number of aromatic nitrogens is 2. The maximum absolute atomic E-state index is 13.4. The number of amides is 4. The van der Waals surface area contributed by atoms with Crippen LogP contribution in [0.1, 0.15) is 24.4 Å². The smallest absolute Gasteiger partial charge is 0.327 e. The largest absolute Gasteiger partial charge is 0.439 e. The van der Waals surface area contributed by atoms with Crippen LogP contribution in [0.15, 0.2) is 78.6 Å². The van der Waals surface area contributed by atoms with Gasteiger partial charge in [0.25, 0.3) is 0 Å². The summed E-state index contributed by atoms with van der Waals surface area (Å²) < 4.78 is 5.78. The molecule has 1 fully saturated rings. The number of nitrogens with one attached hydrogen (secondary N) is 2. The second kappa shape index (κ2) is 10.4. The molecule has 2 unspecified atom stereocenters. The van der Waals surface area contributed by atoms with Crippen LogP contribution in [-0.2, 0) is 9.59 Å². The number of rotatable bonds is 6. The van der Waals surface area contributed by atoms with Crippen molar-refractivity contribution in [2.45, 2.75) is 35.2 Å². The van der Waals surface area contributed by atoms with Crippen molar-refractivity contribution in [1.29, 1.82) is 0 Å². The molecule has 3 atom stereocenters. The zero-order chi connectivity index (χ0) is 26.9. The molecule has 2 N–H and O–H groups in total. The van der Waals surface area contributed by atoms with Crippen LogP contribution in [0.2, 0.25) is 0 Å². The summed E-state index contributed by atoms with van der Waals surface area (Å²) in [4.78, 5) is 50.9. The van der Waals surface area contributed by atoms with Crippen LogP contribution in [-0.4, -0.2) is 57.1 Å². The molecular weight excluding hydrogens is 516 g/mol. The van der Waals surface area contributed by atoms with Gasteiger partial charge in [-0.05, 0) is 43.2 Å². The number of nitrogens with zero attached hydrogens (tertiary/aromatic N) is 4. The van der Waals surface area contributed by atoms with Gasteiger partial charge in [0.1, 0.15) is 16.0 Å². The van der Waals surface area contributed by atoms with Crippen molar-refractivity contribution in [3.63, 3.8) is 0 Å². The van der Waals surface area contributed by atoms with Crippen LogP contribution in [0.3, 0.4) is 0 Å². The predicted molar refractivity (Wildman–Crippen MR) is 146 cm³/mol. The zero-order valence-corrected chi connectivity index (χ0v) is 21.8. The van der Waals surface area contributed by atoms with Crippen LogP contribution in [0.25, 0.3) is 0 Å². The standard InChI is InChI=1S/C28H26N6O4S/c1-2-22(35)33-14-6-7-17(16-33)31-26(36)25-24-23-20(12-13-29-27(23)39-25)34(28(37)32-24)18-10-11-21(30-15-18)38-19-8-4-3-5-9-19/h2-5,8-13,15,17,24-25H,1,6-7,14,16H2,(H,31,36)(H,32,37)/t17?,24?,25-/m1/s1. The molecule has 3 aliphatic heterocycles. The molecule has 39 heavy (non-hydrogen) atoms. The number of carbonyl (C=O) groups is 3. The minimum atomic E-state index is -0.579. The number of pyridine rings is 2. The first kappa shape index (κ1) is 24.9. The molecule has 0 radical (unpaired) electrons. The molecule has 4 amide bonds. The number of benzene rings is 1. The number of likely N-dealkylation sites (tertiary alicyclic amines) is 1. The summed E-state index contributed by atoms with van der Waals surface area (Å²) in [6, 6.07) is 13.5. The van der Waals surface area contributed by atoms with Crippen molar-refractivity contribution in [1.82, 2.24) is 25.5 Å². The Labute approximate surface area is 229 Å². The highest BCUT2D eigenvalue weighted by atomic mass is 32.2. The van der Waals surface area contributed by atoms with Gasteiger partial charge in [-0.2, -0.15) is 0 Å². The molecule has 10 nitrogen and oxygen atoms in total. The first-order chi connectivity index (χ1) is 19.0. The number of hydrogen-bond donors (Lipinski definition) is 2. The van der Waals surface area contributed by atoms with E-state index in [-0.39, 0.29) is 23.9 Å². The van der Waals surface area contributed by atoms with Crippen LogP contribution in [0.4, 0.5) is 16.2 Å². The van der Waals surface area contributed by atoms with Gasteiger partial charge >= 0.3 is 6.03 Å². The molecule has 11 heteroatoms. The number of hydrogen-bond acceptors (Lipinski definition) is 7. The Balaban J connectivity index is 1.20. The first-order valence-corrected chi connectivity index (χ1v) is 13.6. The second-order valence-corrected chi connectivity index (χ2v) is 10.6. The third kappa shape index (κ3) is 4.81. The van der Waals surface area contributed by atoms with Gasteiger partial charge in [-0.1, -0.05) is 36.5 Å². The van der Waals surface area contributed by atoms with Gasteiger partial charge in [0.05, 0.1) is 23.6 Å². The molecule has 198 valence electrons. The van der Waals surface area contributed by atoms with E-state index in [2.05, 4.69) is 27.2 Å². The highest BCUT2D eigenvalue weighted by molar-refractivity contribution is 8.01. The molecule has 2 aromatic heterocycles. The summed E-state index contributed by atoms with van der Waals surface area (Å²) in [7, 11) is 0. The number of urea groups is 1. The van der Waals surface area contributed by atoms with E-state index < -0.39 is 11.3 Å². The third-order valence-corrected chi connectivity index (χ3v) is 8.25. The molecule has 3 aliphatic rings. The van der Waals surface area contributed by atoms with E-state index in [0.29, 0.717) is 41.1 Å². The van der Waals surface area contributed by atoms with E-state index >= 15 is 0 Å². The molecule has 5 heterocycles. The summed E-state index contributed by atoms with van der Waals surface area (Å²) in [5, 5.41) is 6.22. The third-order valence-electron chi connectivity index (χ3n) is 6.96. The number of anilines is 2. The molecule has 0 spiro atoms. The Morgan fingerprint density at radius 1 is 1.15 bits per heavy atom. The SMILES string of the molecule is C=CC(=O)N1CCCC(NC(=O)[C@@H]2Sc3nccc4c3C2NC(=O)N4c2ccc(Oc3ccccc3)nc2)C1. The minimum absolute atomic E-state index is 0.140. The van der Waals surface area contributed by atoms with Gasteiger partial charge in [0, 0.05) is 37.0 Å². The summed E-state index contributed by atoms with van der Waals surface area (Å²) in [5.74, 6) is 0.741. The average Bonchev–Trinajstić information content (AvgIpc) is 3.33. The summed E-state index contributed by atoms with van der Waals surface area (Å²) in [5.41, 5.74) is 2.03. The number of piperidine rings is 1. The molecular formula is C28H26N6O4S. The van der Waals surface area contributed by atoms with Crippen molar-refractivity contribution in [3.05, 3.63) is 79.1 Å². The lowest BCUT2D eigenvalue weighted by Gasteiger charge is -2.35. The molecule has 1 saturated heterocycles. The van der Waals surface area contributed by atoms with Gasteiger partial charge < -0.3 is 20.3 Å². The van der Waals surface area contributed by atoms with E-state index in [1.165, 1.54) is 22.7 Å². The lowest BCUT2D eigenvalue weighted by molar-refractivity contribution is -0.129. The van der Waals surface area contributed by atoms with Crippen LogP contribution >= 0.6 is 11.8 Å². The Bertz CT molecular complexity index is 1430. The average molecular weight is 543 g/mol. The van der Waals surface area contributed by atoms with E-state index in [1.54, 1.807) is 35.5 Å². The van der Waals surface area contributed by atoms with Crippen LogP contribution in [0, 0.1) is 0 Å². The van der Waals surface area contributed by atoms with Gasteiger partial charge in [-0.25, -0.2) is 14.8 Å². The Morgan fingerprint density at radius 3 is 2.77 bits per heavy atom. The fraction of sp³-hybridized carbons (Fsp3) is 0.250. The Kier molecular flexibility index (Phi) is 6.65. The lowest BCUT2D eigenvalue weighted by Crippen LogP contribution is -2.53. The van der Waals surface area contributed by atoms with E-state index in [0.717, 1.165) is 18.4 Å². The zero-order valence-electron chi connectivity index (χ0n) is 20.9. The molecule has 0 aliphatic carbocycles. The number of para-hydroxylation sites is 1. The van der Waals surface area contributed by atoms with E-state index in [1.807, 2.05) is 30.3 Å². The molecule has 0 saturated carbocycles. The predicted octanol–water partition coefficient (Wildman–Crippen LogP) is 3.94. The van der Waals surface area contributed by atoms with E-state index in [9.17, 15) is 14.4 Å². The fourth-order valence-electron chi connectivity index (χ4n) is 5.16. The van der Waals surface area contributed by atoms with Gasteiger partial charge in [-0.3, -0.25) is 14.5 Å². The number of ether oxygens (including phenoxy) is 1. The molecule has 1 aromatic carbocycles. The summed E-state index contributed by atoms with van der Waals surface area (Å²) >= 11 is 1.34. The second-order valence-electron chi connectivity index (χ2n) is 9.46. The maximum Gasteiger partial charge on any atom is 0.327 e. The lowest BCUT2D eigenvalue weighted by atomic mass is 9.99. The van der Waals surface area contributed by atoms with Gasteiger partial charge in [0.15, 0.2) is 0 Å². The van der Waals surface area contributed by atoms with Gasteiger partial charge in [-0.15, -0.1) is 0 Å². The topological polar surface area (TPSA) is 117 Å². The monoisotopic (exact) mass is 542 g/mol.